The van der Waals surface area contributed by atoms with Crippen molar-refractivity contribution in [2.24, 2.45) is 5.92 Å². The molecule has 0 aromatic heterocycles. The lowest BCUT2D eigenvalue weighted by Crippen LogP contribution is -2.18. The molecule has 0 aliphatic rings. The third-order valence-electron chi connectivity index (χ3n) is 1.99. The highest BCUT2D eigenvalue weighted by Gasteiger charge is 2.07. The zero-order chi connectivity index (χ0) is 9.40. The summed E-state index contributed by atoms with van der Waals surface area (Å²) in [6.45, 7) is 7.22. The molecule has 0 amide bonds. The maximum atomic E-state index is 8.77. The second-order valence-corrected chi connectivity index (χ2v) is 3.44. The molecule has 0 saturated carbocycles. The average Bonchev–Trinajstić information content (AvgIpc) is 2.11. The van der Waals surface area contributed by atoms with Gasteiger partial charge in [-0.2, -0.15) is 0 Å². The fraction of sp³-hybridized carbons (Fsp3) is 1.00. The second kappa shape index (κ2) is 7.56. The lowest BCUT2D eigenvalue weighted by atomic mass is 10.1. The Morgan fingerprint density at radius 1 is 1.33 bits per heavy atom. The summed E-state index contributed by atoms with van der Waals surface area (Å²) in [5.41, 5.74) is 0. The zero-order valence-corrected chi connectivity index (χ0v) is 8.55. The third kappa shape index (κ3) is 5.56. The van der Waals surface area contributed by atoms with Crippen molar-refractivity contribution in [2.75, 3.05) is 13.2 Å². The molecular weight excluding hydrogens is 152 g/mol. The number of ether oxygens (including phenoxy) is 1. The van der Waals surface area contributed by atoms with E-state index >= 15 is 0 Å². The van der Waals surface area contributed by atoms with Crippen LogP contribution in [-0.2, 0) is 4.74 Å². The normalized spacial score (nSPS) is 16.0. The predicted octanol–water partition coefficient (Wildman–Crippen LogP) is 2.21. The van der Waals surface area contributed by atoms with Crippen molar-refractivity contribution >= 4 is 0 Å². The molecule has 0 bridgehead atoms. The molecule has 0 rings (SSSR count). The third-order valence-corrected chi connectivity index (χ3v) is 1.99. The first-order chi connectivity index (χ1) is 5.74. The highest BCUT2D eigenvalue weighted by atomic mass is 16.5. The van der Waals surface area contributed by atoms with E-state index in [0.717, 1.165) is 12.8 Å². The van der Waals surface area contributed by atoms with Crippen molar-refractivity contribution < 1.29 is 9.84 Å². The summed E-state index contributed by atoms with van der Waals surface area (Å²) in [6, 6.07) is 0. The minimum Gasteiger partial charge on any atom is -0.396 e. The van der Waals surface area contributed by atoms with Crippen molar-refractivity contribution in [2.45, 2.75) is 46.1 Å². The average molecular weight is 174 g/mol. The molecule has 0 aromatic rings. The van der Waals surface area contributed by atoms with Crippen LogP contribution in [0, 0.1) is 5.92 Å². The number of aliphatic hydroxyl groups excluding tert-OH is 1. The van der Waals surface area contributed by atoms with Gasteiger partial charge in [0.15, 0.2) is 0 Å². The van der Waals surface area contributed by atoms with Crippen LogP contribution in [0.25, 0.3) is 0 Å². The Kier molecular flexibility index (Phi) is 7.51. The van der Waals surface area contributed by atoms with Gasteiger partial charge in [-0.15, -0.1) is 0 Å². The summed E-state index contributed by atoms with van der Waals surface area (Å²) in [6.07, 6.45) is 3.77. The Morgan fingerprint density at radius 3 is 2.42 bits per heavy atom. The predicted molar refractivity (Wildman–Crippen MR) is 51.2 cm³/mol. The zero-order valence-electron chi connectivity index (χ0n) is 8.55. The van der Waals surface area contributed by atoms with Crippen molar-refractivity contribution in [3.05, 3.63) is 0 Å². The van der Waals surface area contributed by atoms with E-state index in [1.807, 2.05) is 6.92 Å². The lowest BCUT2D eigenvalue weighted by Gasteiger charge is -2.17. The molecule has 0 radical (unpaired) electrons. The fourth-order valence-electron chi connectivity index (χ4n) is 1.08. The Labute approximate surface area is 75.9 Å². The number of aliphatic hydroxyl groups is 1. The first-order valence-corrected chi connectivity index (χ1v) is 4.97. The molecule has 0 aromatic carbocycles. The molecule has 0 saturated heterocycles. The van der Waals surface area contributed by atoms with Gasteiger partial charge in [0.2, 0.25) is 0 Å². The molecule has 0 fully saturated rings. The number of hydrogen-bond donors (Lipinski definition) is 1. The molecule has 0 aliphatic heterocycles. The van der Waals surface area contributed by atoms with E-state index in [1.54, 1.807) is 0 Å². The maximum Gasteiger partial charge on any atom is 0.0572 e. The van der Waals surface area contributed by atoms with Crippen LogP contribution in [0.5, 0.6) is 0 Å². The molecule has 0 heterocycles. The quantitative estimate of drug-likeness (QED) is 0.641. The van der Waals surface area contributed by atoms with E-state index in [0.29, 0.717) is 12.7 Å². The van der Waals surface area contributed by atoms with Crippen LogP contribution in [0.2, 0.25) is 0 Å². The van der Waals surface area contributed by atoms with Gasteiger partial charge < -0.3 is 9.84 Å². The van der Waals surface area contributed by atoms with Crippen LogP contribution >= 0.6 is 0 Å². The van der Waals surface area contributed by atoms with Gasteiger partial charge in [-0.1, -0.05) is 27.2 Å². The minimum absolute atomic E-state index is 0.225. The molecule has 2 heteroatoms. The van der Waals surface area contributed by atoms with Gasteiger partial charge in [-0.3, -0.25) is 0 Å². The van der Waals surface area contributed by atoms with Crippen molar-refractivity contribution in [1.29, 1.82) is 0 Å². The van der Waals surface area contributed by atoms with Crippen molar-refractivity contribution in [3.8, 4) is 0 Å². The highest BCUT2D eigenvalue weighted by molar-refractivity contribution is 4.56. The number of hydrogen-bond acceptors (Lipinski definition) is 2. The van der Waals surface area contributed by atoms with Crippen molar-refractivity contribution in [3.63, 3.8) is 0 Å². The van der Waals surface area contributed by atoms with Gasteiger partial charge in [0.25, 0.3) is 0 Å². The van der Waals surface area contributed by atoms with E-state index in [2.05, 4.69) is 13.8 Å². The van der Waals surface area contributed by atoms with Crippen LogP contribution in [0.1, 0.15) is 40.0 Å². The second-order valence-electron chi connectivity index (χ2n) is 3.44. The van der Waals surface area contributed by atoms with E-state index in [-0.39, 0.29) is 12.5 Å². The molecule has 2 unspecified atom stereocenters. The summed E-state index contributed by atoms with van der Waals surface area (Å²) >= 11 is 0. The van der Waals surface area contributed by atoms with Crippen LogP contribution in [0.4, 0.5) is 0 Å². The van der Waals surface area contributed by atoms with Crippen molar-refractivity contribution in [1.82, 2.24) is 0 Å². The Balaban J connectivity index is 3.43. The van der Waals surface area contributed by atoms with E-state index in [1.165, 1.54) is 6.42 Å². The maximum absolute atomic E-state index is 8.77. The van der Waals surface area contributed by atoms with Gasteiger partial charge in [0.05, 0.1) is 12.7 Å². The van der Waals surface area contributed by atoms with E-state index in [9.17, 15) is 0 Å². The van der Waals surface area contributed by atoms with Gasteiger partial charge in [-0.05, 0) is 12.8 Å². The van der Waals surface area contributed by atoms with E-state index < -0.39 is 0 Å². The molecule has 12 heavy (non-hydrogen) atoms. The van der Waals surface area contributed by atoms with Gasteiger partial charge in [0, 0.05) is 12.5 Å². The SMILES string of the molecule is CCCC(CC)OCC(C)CO. The largest absolute Gasteiger partial charge is 0.396 e. The standard InChI is InChI=1S/C10H22O2/c1-4-6-10(5-2)12-8-9(3)7-11/h9-11H,4-8H2,1-3H3. The fourth-order valence-corrected chi connectivity index (χ4v) is 1.08. The number of rotatable bonds is 7. The van der Waals surface area contributed by atoms with Crippen LogP contribution in [0.15, 0.2) is 0 Å². The lowest BCUT2D eigenvalue weighted by molar-refractivity contribution is 0.0132. The molecular formula is C10H22O2. The highest BCUT2D eigenvalue weighted by Crippen LogP contribution is 2.08. The molecule has 0 aliphatic carbocycles. The molecule has 2 nitrogen and oxygen atoms in total. The Bertz CT molecular complexity index is 93.8. The Hall–Kier alpha value is -0.0800. The van der Waals surface area contributed by atoms with Crippen LogP contribution in [-0.4, -0.2) is 24.4 Å². The smallest absolute Gasteiger partial charge is 0.0572 e. The topological polar surface area (TPSA) is 29.5 Å². The summed E-state index contributed by atoms with van der Waals surface area (Å²) in [7, 11) is 0. The summed E-state index contributed by atoms with van der Waals surface area (Å²) in [4.78, 5) is 0. The van der Waals surface area contributed by atoms with E-state index in [4.69, 9.17) is 9.84 Å². The molecule has 1 N–H and O–H groups in total. The monoisotopic (exact) mass is 174 g/mol. The molecule has 74 valence electrons. The molecule has 0 spiro atoms. The summed E-state index contributed by atoms with van der Waals surface area (Å²) in [5.74, 6) is 0.274. The minimum atomic E-state index is 0.225. The van der Waals surface area contributed by atoms with Gasteiger partial charge in [-0.25, -0.2) is 0 Å². The van der Waals surface area contributed by atoms with Gasteiger partial charge >= 0.3 is 0 Å². The summed E-state index contributed by atoms with van der Waals surface area (Å²) in [5, 5.41) is 8.77. The first-order valence-electron chi connectivity index (χ1n) is 4.97. The first kappa shape index (κ1) is 11.9. The summed E-state index contributed by atoms with van der Waals surface area (Å²) < 4.78 is 5.62. The van der Waals surface area contributed by atoms with Crippen LogP contribution < -0.4 is 0 Å². The van der Waals surface area contributed by atoms with Gasteiger partial charge in [0.1, 0.15) is 0 Å². The Morgan fingerprint density at radius 2 is 2.00 bits per heavy atom. The van der Waals surface area contributed by atoms with Crippen LogP contribution in [0.3, 0.4) is 0 Å². The molecule has 2 atom stereocenters.